The van der Waals surface area contributed by atoms with E-state index in [9.17, 15) is 27.2 Å². The molecule has 1 heterocycles. The molecule has 0 aliphatic carbocycles. The van der Waals surface area contributed by atoms with Gasteiger partial charge in [0.15, 0.2) is 6.73 Å². The van der Waals surface area contributed by atoms with Crippen LogP contribution in [0.5, 0.6) is 0 Å². The second-order valence-corrected chi connectivity index (χ2v) is 8.29. The summed E-state index contributed by atoms with van der Waals surface area (Å²) >= 11 is 0. The van der Waals surface area contributed by atoms with Gasteiger partial charge in [-0.3, -0.25) is 9.59 Å². The summed E-state index contributed by atoms with van der Waals surface area (Å²) in [5, 5.41) is 0. The van der Waals surface area contributed by atoms with Gasteiger partial charge >= 0.3 is 5.97 Å². The van der Waals surface area contributed by atoms with E-state index in [4.69, 9.17) is 4.74 Å². The number of imide groups is 1. The van der Waals surface area contributed by atoms with Gasteiger partial charge in [0, 0.05) is 13.1 Å². The normalized spacial score (nSPS) is 13.7. The molecule has 0 bridgehead atoms. The highest BCUT2D eigenvalue weighted by atomic mass is 32.2. The quantitative estimate of drug-likeness (QED) is 0.490. The van der Waals surface area contributed by atoms with Gasteiger partial charge < -0.3 is 4.74 Å². The lowest BCUT2D eigenvalue weighted by molar-refractivity contribution is 0.0228. The number of ether oxygens (including phenoxy) is 1. The maximum Gasteiger partial charge on any atom is 0.339 e. The van der Waals surface area contributed by atoms with Crippen LogP contribution in [0.3, 0.4) is 0 Å². The van der Waals surface area contributed by atoms with Gasteiger partial charge in [0.05, 0.1) is 16.7 Å². The molecule has 0 fully saturated rings. The molecule has 3 rings (SSSR count). The lowest BCUT2D eigenvalue weighted by Gasteiger charge is -2.19. The molecule has 0 aromatic heterocycles. The van der Waals surface area contributed by atoms with Crippen LogP contribution in [-0.4, -0.2) is 55.2 Å². The summed E-state index contributed by atoms with van der Waals surface area (Å²) in [7, 11) is -4.14. The van der Waals surface area contributed by atoms with E-state index in [1.165, 1.54) is 12.1 Å². The van der Waals surface area contributed by atoms with E-state index < -0.39 is 45.3 Å². The average molecular weight is 434 g/mol. The largest absolute Gasteiger partial charge is 0.440 e. The SMILES string of the molecule is CCN(CC)S(=O)(=O)c1cc(C(=O)OCN2C(=O)c3ccccc3C2=O)ccc1F. The van der Waals surface area contributed by atoms with Crippen molar-refractivity contribution >= 4 is 27.8 Å². The van der Waals surface area contributed by atoms with Crippen LogP contribution in [0, 0.1) is 5.82 Å². The van der Waals surface area contributed by atoms with Gasteiger partial charge in [0.1, 0.15) is 10.7 Å². The number of benzene rings is 2. The fourth-order valence-electron chi connectivity index (χ4n) is 3.09. The molecule has 30 heavy (non-hydrogen) atoms. The topological polar surface area (TPSA) is 101 Å². The molecule has 158 valence electrons. The molecular formula is C20H19FN2O6S. The third-order valence-corrected chi connectivity index (χ3v) is 6.76. The maximum absolute atomic E-state index is 14.2. The minimum atomic E-state index is -4.14. The summed E-state index contributed by atoms with van der Waals surface area (Å²) in [6.45, 7) is 2.83. The minimum absolute atomic E-state index is 0.132. The van der Waals surface area contributed by atoms with Crippen LogP contribution < -0.4 is 0 Å². The molecule has 0 N–H and O–H groups in total. The number of rotatable bonds is 7. The first-order chi connectivity index (χ1) is 14.2. The third-order valence-electron chi connectivity index (χ3n) is 4.69. The first-order valence-electron chi connectivity index (χ1n) is 9.14. The van der Waals surface area contributed by atoms with Crippen molar-refractivity contribution in [1.29, 1.82) is 0 Å². The zero-order valence-corrected chi connectivity index (χ0v) is 17.1. The van der Waals surface area contributed by atoms with Crippen molar-refractivity contribution in [2.24, 2.45) is 0 Å². The predicted molar refractivity (Wildman–Crippen MR) is 104 cm³/mol. The van der Waals surface area contributed by atoms with Gasteiger partial charge in [0.2, 0.25) is 10.0 Å². The summed E-state index contributed by atoms with van der Waals surface area (Å²) in [6, 6.07) is 9.00. The number of carbonyl (C=O) groups is 3. The summed E-state index contributed by atoms with van der Waals surface area (Å²) in [4.78, 5) is 37.1. The number of esters is 1. The average Bonchev–Trinajstić information content (AvgIpc) is 2.97. The van der Waals surface area contributed by atoms with Gasteiger partial charge in [-0.2, -0.15) is 4.31 Å². The molecular weight excluding hydrogens is 415 g/mol. The number of amides is 2. The van der Waals surface area contributed by atoms with E-state index in [-0.39, 0.29) is 29.8 Å². The number of halogens is 1. The standard InChI is InChI=1S/C20H19FN2O6S/c1-3-22(4-2)30(27,28)17-11-13(9-10-16(17)21)20(26)29-12-23-18(24)14-7-5-6-8-15(14)19(23)25/h5-11H,3-4,12H2,1-2H3. The Morgan fingerprint density at radius 1 is 1.03 bits per heavy atom. The Morgan fingerprint density at radius 2 is 1.60 bits per heavy atom. The third kappa shape index (κ3) is 3.71. The van der Waals surface area contributed by atoms with E-state index in [1.54, 1.807) is 26.0 Å². The molecule has 2 amide bonds. The molecule has 0 saturated carbocycles. The Hall–Kier alpha value is -3.11. The Morgan fingerprint density at radius 3 is 2.13 bits per heavy atom. The van der Waals surface area contributed by atoms with Crippen molar-refractivity contribution in [3.05, 3.63) is 65.0 Å². The summed E-state index contributed by atoms with van der Waals surface area (Å²) < 4.78 is 45.5. The van der Waals surface area contributed by atoms with Crippen molar-refractivity contribution in [3.63, 3.8) is 0 Å². The second kappa shape index (κ2) is 8.33. The molecule has 0 unspecified atom stereocenters. The molecule has 0 spiro atoms. The number of hydrogen-bond acceptors (Lipinski definition) is 6. The Kier molecular flexibility index (Phi) is 5.99. The van der Waals surface area contributed by atoms with Gasteiger partial charge in [-0.25, -0.2) is 22.5 Å². The summed E-state index contributed by atoms with van der Waals surface area (Å²) in [5.41, 5.74) is 0.180. The van der Waals surface area contributed by atoms with Crippen molar-refractivity contribution in [1.82, 2.24) is 9.21 Å². The summed E-state index contributed by atoms with van der Waals surface area (Å²) in [6.07, 6.45) is 0. The van der Waals surface area contributed by atoms with Crippen molar-refractivity contribution in [3.8, 4) is 0 Å². The summed E-state index contributed by atoms with van der Waals surface area (Å²) in [5.74, 6) is -3.21. The highest BCUT2D eigenvalue weighted by molar-refractivity contribution is 7.89. The van der Waals surface area contributed by atoms with Gasteiger partial charge in [0.25, 0.3) is 11.8 Å². The van der Waals surface area contributed by atoms with Crippen LogP contribution >= 0.6 is 0 Å². The molecule has 2 aromatic carbocycles. The number of sulfonamides is 1. The molecule has 1 aliphatic rings. The highest BCUT2D eigenvalue weighted by Crippen LogP contribution is 2.24. The minimum Gasteiger partial charge on any atom is -0.440 e. The lowest BCUT2D eigenvalue weighted by atomic mass is 10.1. The van der Waals surface area contributed by atoms with Crippen LogP contribution in [-0.2, 0) is 14.8 Å². The van der Waals surface area contributed by atoms with E-state index in [1.807, 2.05) is 0 Å². The van der Waals surface area contributed by atoms with E-state index in [0.29, 0.717) is 0 Å². The van der Waals surface area contributed by atoms with E-state index in [2.05, 4.69) is 0 Å². The number of fused-ring (bicyclic) bond motifs is 1. The zero-order chi connectivity index (χ0) is 22.1. The van der Waals surface area contributed by atoms with Crippen molar-refractivity contribution in [2.45, 2.75) is 18.7 Å². The van der Waals surface area contributed by atoms with Gasteiger partial charge in [-0.05, 0) is 30.3 Å². The fraction of sp³-hybridized carbons (Fsp3) is 0.250. The number of nitrogens with zero attached hydrogens (tertiary/aromatic N) is 2. The lowest BCUT2D eigenvalue weighted by Crippen LogP contribution is -2.33. The first-order valence-corrected chi connectivity index (χ1v) is 10.6. The number of hydrogen-bond donors (Lipinski definition) is 0. The fourth-order valence-corrected chi connectivity index (χ4v) is 4.64. The van der Waals surface area contributed by atoms with Gasteiger partial charge in [-0.15, -0.1) is 0 Å². The van der Waals surface area contributed by atoms with Crippen LogP contribution in [0.15, 0.2) is 47.4 Å². The first kappa shape index (κ1) is 21.6. The molecule has 0 saturated heterocycles. The molecule has 8 nitrogen and oxygen atoms in total. The smallest absolute Gasteiger partial charge is 0.339 e. The van der Waals surface area contributed by atoms with E-state index in [0.717, 1.165) is 27.4 Å². The zero-order valence-electron chi connectivity index (χ0n) is 16.3. The predicted octanol–water partition coefficient (Wildman–Crippen LogP) is 2.27. The second-order valence-electron chi connectivity index (χ2n) is 6.38. The van der Waals surface area contributed by atoms with Crippen LogP contribution in [0.2, 0.25) is 0 Å². The Balaban J connectivity index is 1.79. The highest BCUT2D eigenvalue weighted by Gasteiger charge is 2.36. The molecule has 0 atom stereocenters. The van der Waals surface area contributed by atoms with E-state index >= 15 is 0 Å². The molecule has 10 heteroatoms. The molecule has 0 radical (unpaired) electrons. The number of carbonyl (C=O) groups excluding carboxylic acids is 3. The van der Waals surface area contributed by atoms with Crippen LogP contribution in [0.1, 0.15) is 44.9 Å². The molecule has 2 aromatic rings. The van der Waals surface area contributed by atoms with Gasteiger partial charge in [-0.1, -0.05) is 26.0 Å². The Bertz CT molecular complexity index is 1090. The molecule has 1 aliphatic heterocycles. The van der Waals surface area contributed by atoms with Crippen LogP contribution in [0.4, 0.5) is 4.39 Å². The van der Waals surface area contributed by atoms with Crippen molar-refractivity contribution in [2.75, 3.05) is 19.8 Å². The van der Waals surface area contributed by atoms with Crippen LogP contribution in [0.25, 0.3) is 0 Å². The van der Waals surface area contributed by atoms with Crippen molar-refractivity contribution < 1.29 is 31.9 Å². The Labute approximate surface area is 172 Å². The monoisotopic (exact) mass is 434 g/mol. The maximum atomic E-state index is 14.2.